The quantitative estimate of drug-likeness (QED) is 0.923. The zero-order valence-corrected chi connectivity index (χ0v) is 12.0. The Hall–Kier alpha value is -1.46. The number of rotatable bonds is 2. The number of hydrogen-bond acceptors (Lipinski definition) is 4. The molecule has 1 atom stereocenters. The predicted octanol–water partition coefficient (Wildman–Crippen LogP) is 3.42. The number of nitrogens with one attached hydrogen (secondary N) is 1. The van der Waals surface area contributed by atoms with Crippen molar-refractivity contribution < 1.29 is 8.91 Å². The molecule has 1 saturated heterocycles. The maximum atomic E-state index is 13.5. The monoisotopic (exact) mass is 297 g/mol. The van der Waals surface area contributed by atoms with Crippen LogP contribution in [0.5, 0.6) is 0 Å². The van der Waals surface area contributed by atoms with Crippen molar-refractivity contribution in [3.05, 3.63) is 35.5 Å². The maximum absolute atomic E-state index is 13.5. The normalized spacial score (nSPS) is 18.6. The maximum Gasteiger partial charge on any atom is 0.244 e. The molecule has 108 valence electrons. The van der Waals surface area contributed by atoms with Gasteiger partial charge in [0.1, 0.15) is 5.82 Å². The van der Waals surface area contributed by atoms with Crippen molar-refractivity contribution in [2.75, 3.05) is 6.54 Å². The lowest BCUT2D eigenvalue weighted by Gasteiger charge is -2.19. The number of benzene rings is 1. The van der Waals surface area contributed by atoms with E-state index in [9.17, 15) is 4.39 Å². The Morgan fingerprint density at radius 1 is 1.35 bits per heavy atom. The SMILES string of the molecule is Cc1ccc(-c2noc([C@H]3CCCCN3)n2)cc1F.Cl. The van der Waals surface area contributed by atoms with Crippen LogP contribution in [0.25, 0.3) is 11.4 Å². The smallest absolute Gasteiger partial charge is 0.244 e. The first-order chi connectivity index (χ1) is 9.24. The average molecular weight is 298 g/mol. The van der Waals surface area contributed by atoms with Gasteiger partial charge in [-0.25, -0.2) is 4.39 Å². The third-order valence-corrected chi connectivity index (χ3v) is 3.48. The summed E-state index contributed by atoms with van der Waals surface area (Å²) >= 11 is 0. The Kier molecular flexibility index (Phi) is 4.73. The van der Waals surface area contributed by atoms with Crippen LogP contribution in [0.4, 0.5) is 4.39 Å². The molecule has 4 nitrogen and oxygen atoms in total. The van der Waals surface area contributed by atoms with Gasteiger partial charge in [0.2, 0.25) is 11.7 Å². The third-order valence-electron chi connectivity index (χ3n) is 3.48. The Labute approximate surface area is 123 Å². The van der Waals surface area contributed by atoms with Crippen LogP contribution in [0.3, 0.4) is 0 Å². The van der Waals surface area contributed by atoms with Gasteiger partial charge in [0.25, 0.3) is 0 Å². The van der Waals surface area contributed by atoms with Gasteiger partial charge in [-0.1, -0.05) is 23.7 Å². The van der Waals surface area contributed by atoms with Crippen LogP contribution in [-0.2, 0) is 0 Å². The van der Waals surface area contributed by atoms with E-state index in [1.54, 1.807) is 19.1 Å². The minimum atomic E-state index is -0.250. The van der Waals surface area contributed by atoms with Crippen LogP contribution in [-0.4, -0.2) is 16.7 Å². The van der Waals surface area contributed by atoms with Gasteiger partial charge in [-0.05, 0) is 37.9 Å². The first kappa shape index (κ1) is 14.9. The molecule has 1 fully saturated rings. The number of aryl methyl sites for hydroxylation is 1. The number of aromatic nitrogens is 2. The predicted molar refractivity (Wildman–Crippen MR) is 76.3 cm³/mol. The zero-order valence-electron chi connectivity index (χ0n) is 11.2. The summed E-state index contributed by atoms with van der Waals surface area (Å²) in [5.41, 5.74) is 1.26. The Bertz CT molecular complexity index is 582. The van der Waals surface area contributed by atoms with Crippen molar-refractivity contribution >= 4 is 12.4 Å². The molecular weight excluding hydrogens is 281 g/mol. The molecule has 2 heterocycles. The van der Waals surface area contributed by atoms with Crippen molar-refractivity contribution in [3.8, 4) is 11.4 Å². The molecule has 0 radical (unpaired) electrons. The fourth-order valence-electron chi connectivity index (χ4n) is 2.29. The molecule has 0 spiro atoms. The lowest BCUT2D eigenvalue weighted by molar-refractivity contribution is 0.297. The van der Waals surface area contributed by atoms with Crippen LogP contribution >= 0.6 is 12.4 Å². The minimum Gasteiger partial charge on any atom is -0.337 e. The van der Waals surface area contributed by atoms with E-state index in [4.69, 9.17) is 4.52 Å². The van der Waals surface area contributed by atoms with Crippen LogP contribution in [0.1, 0.15) is 36.8 Å². The van der Waals surface area contributed by atoms with E-state index >= 15 is 0 Å². The van der Waals surface area contributed by atoms with Gasteiger partial charge in [0.15, 0.2) is 0 Å². The van der Waals surface area contributed by atoms with E-state index in [1.807, 2.05) is 0 Å². The highest BCUT2D eigenvalue weighted by Crippen LogP contribution is 2.24. The van der Waals surface area contributed by atoms with E-state index in [2.05, 4.69) is 15.5 Å². The Morgan fingerprint density at radius 2 is 2.20 bits per heavy atom. The van der Waals surface area contributed by atoms with Crippen molar-refractivity contribution in [1.29, 1.82) is 0 Å². The summed E-state index contributed by atoms with van der Waals surface area (Å²) in [4.78, 5) is 4.37. The molecule has 1 aromatic heterocycles. The first-order valence-electron chi connectivity index (χ1n) is 6.57. The Balaban J connectivity index is 0.00000147. The molecule has 6 heteroatoms. The summed E-state index contributed by atoms with van der Waals surface area (Å²) in [5.74, 6) is 0.789. The fraction of sp³-hybridized carbons (Fsp3) is 0.429. The number of hydrogen-bond donors (Lipinski definition) is 1. The topological polar surface area (TPSA) is 51.0 Å². The molecule has 0 amide bonds. The van der Waals surface area contributed by atoms with Crippen LogP contribution in [0.15, 0.2) is 22.7 Å². The fourth-order valence-corrected chi connectivity index (χ4v) is 2.29. The van der Waals surface area contributed by atoms with Crippen LogP contribution < -0.4 is 5.32 Å². The van der Waals surface area contributed by atoms with Gasteiger partial charge in [0, 0.05) is 5.56 Å². The van der Waals surface area contributed by atoms with Gasteiger partial charge in [-0.15, -0.1) is 12.4 Å². The van der Waals surface area contributed by atoms with Crippen molar-refractivity contribution in [1.82, 2.24) is 15.5 Å². The largest absolute Gasteiger partial charge is 0.337 e. The number of nitrogens with zero attached hydrogens (tertiary/aromatic N) is 2. The summed E-state index contributed by atoms with van der Waals surface area (Å²) in [5, 5.41) is 7.29. The summed E-state index contributed by atoms with van der Waals surface area (Å²) in [6.07, 6.45) is 3.35. The number of piperidine rings is 1. The third kappa shape index (κ3) is 2.99. The van der Waals surface area contributed by atoms with Crippen molar-refractivity contribution in [2.45, 2.75) is 32.2 Å². The van der Waals surface area contributed by atoms with E-state index < -0.39 is 0 Å². The van der Waals surface area contributed by atoms with E-state index in [1.165, 1.54) is 12.5 Å². The summed E-state index contributed by atoms with van der Waals surface area (Å²) in [7, 11) is 0. The van der Waals surface area contributed by atoms with Crippen LogP contribution in [0.2, 0.25) is 0 Å². The Morgan fingerprint density at radius 3 is 2.90 bits per heavy atom. The molecule has 0 saturated carbocycles. The lowest BCUT2D eigenvalue weighted by Crippen LogP contribution is -2.26. The highest BCUT2D eigenvalue weighted by Gasteiger charge is 2.21. The standard InChI is InChI=1S/C14H16FN3O.ClH/c1-9-5-6-10(8-11(9)15)13-17-14(19-18-13)12-4-2-3-7-16-12;/h5-6,8,12,16H,2-4,7H2,1H3;1H/t12-;/m1./s1. The van der Waals surface area contributed by atoms with Crippen molar-refractivity contribution in [3.63, 3.8) is 0 Å². The first-order valence-corrected chi connectivity index (χ1v) is 6.57. The van der Waals surface area contributed by atoms with E-state index in [0.717, 1.165) is 19.4 Å². The molecule has 1 N–H and O–H groups in total. The molecule has 3 rings (SSSR count). The summed E-state index contributed by atoms with van der Waals surface area (Å²) in [6.45, 7) is 2.70. The second kappa shape index (κ2) is 6.33. The van der Waals surface area contributed by atoms with Gasteiger partial charge in [0.05, 0.1) is 6.04 Å². The van der Waals surface area contributed by atoms with Gasteiger partial charge in [-0.2, -0.15) is 4.98 Å². The van der Waals surface area contributed by atoms with Gasteiger partial charge >= 0.3 is 0 Å². The van der Waals surface area contributed by atoms with Crippen molar-refractivity contribution in [2.24, 2.45) is 0 Å². The minimum absolute atomic E-state index is 0. The van der Waals surface area contributed by atoms with Crippen LogP contribution in [0, 0.1) is 12.7 Å². The summed E-state index contributed by atoms with van der Waals surface area (Å²) in [6, 6.07) is 5.10. The summed E-state index contributed by atoms with van der Waals surface area (Å²) < 4.78 is 18.8. The van der Waals surface area contributed by atoms with Gasteiger partial charge < -0.3 is 9.84 Å². The zero-order chi connectivity index (χ0) is 13.2. The second-order valence-corrected chi connectivity index (χ2v) is 4.92. The van der Waals surface area contributed by atoms with Gasteiger partial charge in [-0.3, -0.25) is 0 Å². The average Bonchev–Trinajstić information content (AvgIpc) is 2.93. The second-order valence-electron chi connectivity index (χ2n) is 4.92. The molecule has 20 heavy (non-hydrogen) atoms. The molecule has 0 unspecified atom stereocenters. The lowest BCUT2D eigenvalue weighted by atomic mass is 10.1. The number of halogens is 2. The molecule has 1 aliphatic rings. The molecule has 0 aliphatic carbocycles. The van der Waals surface area contributed by atoms with E-state index in [-0.39, 0.29) is 24.3 Å². The molecule has 1 aromatic carbocycles. The molecular formula is C14H17ClFN3O. The van der Waals surface area contributed by atoms with E-state index in [0.29, 0.717) is 22.8 Å². The highest BCUT2D eigenvalue weighted by molar-refractivity contribution is 5.85. The molecule has 0 bridgehead atoms. The molecule has 2 aromatic rings. The highest BCUT2D eigenvalue weighted by atomic mass is 35.5. The molecule has 1 aliphatic heterocycles.